The van der Waals surface area contributed by atoms with Crippen LogP contribution in [0.4, 0.5) is 5.69 Å². The number of hydrogen-bond acceptors (Lipinski definition) is 4. The summed E-state index contributed by atoms with van der Waals surface area (Å²) in [5.41, 5.74) is 7.01. The van der Waals surface area contributed by atoms with Gasteiger partial charge in [-0.1, -0.05) is 0 Å². The van der Waals surface area contributed by atoms with E-state index < -0.39 is 0 Å². The number of nitrogens with two attached hydrogens (primary N) is 1. The highest BCUT2D eigenvalue weighted by atomic mass is 16.5. The number of benzene rings is 2. The van der Waals surface area contributed by atoms with Gasteiger partial charge in [0.15, 0.2) is 5.78 Å². The van der Waals surface area contributed by atoms with Gasteiger partial charge in [0.25, 0.3) is 0 Å². The van der Waals surface area contributed by atoms with Crippen LogP contribution in [0.2, 0.25) is 0 Å². The minimum absolute atomic E-state index is 0.0541. The zero-order valence-corrected chi connectivity index (χ0v) is 12.0. The Balaban J connectivity index is 1.67. The van der Waals surface area contributed by atoms with Gasteiger partial charge in [-0.05, 0) is 55.5 Å². The molecule has 2 rings (SSSR count). The Labute approximate surface area is 124 Å². The van der Waals surface area contributed by atoms with E-state index in [9.17, 15) is 4.79 Å². The highest BCUT2D eigenvalue weighted by Crippen LogP contribution is 2.14. The van der Waals surface area contributed by atoms with E-state index in [1.165, 1.54) is 0 Å². The summed E-state index contributed by atoms with van der Waals surface area (Å²) in [5, 5.41) is 0. The van der Waals surface area contributed by atoms with E-state index in [1.54, 1.807) is 31.2 Å². The van der Waals surface area contributed by atoms with Gasteiger partial charge in [0.2, 0.25) is 0 Å². The molecule has 21 heavy (non-hydrogen) atoms. The summed E-state index contributed by atoms with van der Waals surface area (Å²) >= 11 is 0. The van der Waals surface area contributed by atoms with E-state index in [1.807, 2.05) is 24.3 Å². The fourth-order valence-corrected chi connectivity index (χ4v) is 1.79. The van der Waals surface area contributed by atoms with Gasteiger partial charge in [-0.2, -0.15) is 0 Å². The van der Waals surface area contributed by atoms with Gasteiger partial charge in [0.1, 0.15) is 11.5 Å². The molecule has 4 nitrogen and oxygen atoms in total. The number of Topliss-reactive ketones (excluding diaryl/α,β-unsaturated/α-hetero) is 1. The van der Waals surface area contributed by atoms with Crippen molar-refractivity contribution < 1.29 is 14.3 Å². The molecule has 0 fully saturated rings. The molecule has 0 atom stereocenters. The number of anilines is 1. The molecule has 0 amide bonds. The lowest BCUT2D eigenvalue weighted by atomic mass is 10.1. The normalized spacial score (nSPS) is 10.1. The first-order chi connectivity index (χ1) is 10.1. The Hall–Kier alpha value is -2.49. The molecule has 0 aromatic heterocycles. The summed E-state index contributed by atoms with van der Waals surface area (Å²) in [6, 6.07) is 14.4. The van der Waals surface area contributed by atoms with Crippen LogP contribution in [0, 0.1) is 0 Å². The minimum atomic E-state index is 0.0541. The summed E-state index contributed by atoms with van der Waals surface area (Å²) in [6.07, 6.45) is 0.777. The topological polar surface area (TPSA) is 61.5 Å². The molecule has 0 heterocycles. The van der Waals surface area contributed by atoms with Gasteiger partial charge < -0.3 is 15.2 Å². The van der Waals surface area contributed by atoms with Gasteiger partial charge in [0.05, 0.1) is 13.2 Å². The molecule has 0 radical (unpaired) electrons. The lowest BCUT2D eigenvalue weighted by Crippen LogP contribution is -2.05. The summed E-state index contributed by atoms with van der Waals surface area (Å²) in [4.78, 5) is 11.1. The highest BCUT2D eigenvalue weighted by molar-refractivity contribution is 5.94. The predicted octanol–water partition coefficient (Wildman–Crippen LogP) is 3.32. The third-order valence-electron chi connectivity index (χ3n) is 2.97. The molecule has 0 aliphatic carbocycles. The fraction of sp³-hybridized carbons (Fsp3) is 0.235. The molecule has 0 saturated heterocycles. The summed E-state index contributed by atoms with van der Waals surface area (Å²) in [7, 11) is 0. The average Bonchev–Trinajstić information content (AvgIpc) is 2.49. The molecule has 0 bridgehead atoms. The maximum Gasteiger partial charge on any atom is 0.159 e. The number of ketones is 1. The standard InChI is InChI=1S/C17H19NO3/c1-13(19)14-3-7-16(8-4-14)20-11-2-12-21-17-9-5-15(18)6-10-17/h3-10H,2,11-12,18H2,1H3. The number of carbonyl (C=O) groups excluding carboxylic acids is 1. The van der Waals surface area contributed by atoms with Gasteiger partial charge in [-0.3, -0.25) is 4.79 Å². The maximum atomic E-state index is 11.1. The van der Waals surface area contributed by atoms with Gasteiger partial charge in [0, 0.05) is 17.7 Å². The van der Waals surface area contributed by atoms with Crippen LogP contribution in [0.25, 0.3) is 0 Å². The molecule has 2 N–H and O–H groups in total. The molecule has 0 saturated carbocycles. The van der Waals surface area contributed by atoms with E-state index in [2.05, 4.69) is 0 Å². The Bertz CT molecular complexity index is 576. The van der Waals surface area contributed by atoms with Gasteiger partial charge in [-0.15, -0.1) is 0 Å². The Morgan fingerprint density at radius 2 is 1.38 bits per heavy atom. The lowest BCUT2D eigenvalue weighted by molar-refractivity contribution is 0.101. The largest absolute Gasteiger partial charge is 0.493 e. The van der Waals surface area contributed by atoms with Crippen LogP contribution in [0.1, 0.15) is 23.7 Å². The minimum Gasteiger partial charge on any atom is -0.493 e. The molecule has 2 aromatic rings. The van der Waals surface area contributed by atoms with Crippen molar-refractivity contribution in [3.63, 3.8) is 0 Å². The van der Waals surface area contributed by atoms with E-state index in [0.717, 1.165) is 23.6 Å². The van der Waals surface area contributed by atoms with E-state index >= 15 is 0 Å². The summed E-state index contributed by atoms with van der Waals surface area (Å²) < 4.78 is 11.2. The van der Waals surface area contributed by atoms with Crippen molar-refractivity contribution in [3.8, 4) is 11.5 Å². The van der Waals surface area contributed by atoms with Crippen LogP contribution in [-0.4, -0.2) is 19.0 Å². The quantitative estimate of drug-likeness (QED) is 0.481. The first kappa shape index (κ1) is 14.9. The third kappa shape index (κ3) is 4.84. The number of hydrogen-bond donors (Lipinski definition) is 1. The molecule has 110 valence electrons. The zero-order valence-electron chi connectivity index (χ0n) is 12.0. The van der Waals surface area contributed by atoms with Crippen molar-refractivity contribution in [1.29, 1.82) is 0 Å². The second-order valence-electron chi connectivity index (χ2n) is 4.70. The predicted molar refractivity (Wildman–Crippen MR) is 82.9 cm³/mol. The van der Waals surface area contributed by atoms with Crippen molar-refractivity contribution in [2.24, 2.45) is 0 Å². The van der Waals surface area contributed by atoms with Crippen LogP contribution < -0.4 is 15.2 Å². The molecule has 0 aliphatic heterocycles. The first-order valence-electron chi connectivity index (χ1n) is 6.87. The monoisotopic (exact) mass is 285 g/mol. The Kier molecular flexibility index (Phi) is 5.21. The van der Waals surface area contributed by atoms with Gasteiger partial charge in [-0.25, -0.2) is 0 Å². The molecule has 0 spiro atoms. The van der Waals surface area contributed by atoms with Crippen LogP contribution in [0.5, 0.6) is 11.5 Å². The van der Waals surface area contributed by atoms with E-state index in [4.69, 9.17) is 15.2 Å². The van der Waals surface area contributed by atoms with Crippen LogP contribution in [0.15, 0.2) is 48.5 Å². The van der Waals surface area contributed by atoms with E-state index in [0.29, 0.717) is 18.8 Å². The summed E-state index contributed by atoms with van der Waals surface area (Å²) in [6.45, 7) is 2.69. The Morgan fingerprint density at radius 3 is 1.86 bits per heavy atom. The molecule has 4 heteroatoms. The molecule has 2 aromatic carbocycles. The first-order valence-corrected chi connectivity index (χ1v) is 6.87. The second kappa shape index (κ2) is 7.33. The zero-order chi connectivity index (χ0) is 15.1. The van der Waals surface area contributed by atoms with Crippen molar-refractivity contribution in [2.45, 2.75) is 13.3 Å². The average molecular weight is 285 g/mol. The van der Waals surface area contributed by atoms with Crippen molar-refractivity contribution in [1.82, 2.24) is 0 Å². The van der Waals surface area contributed by atoms with Crippen LogP contribution in [-0.2, 0) is 0 Å². The smallest absolute Gasteiger partial charge is 0.159 e. The molecule has 0 aliphatic rings. The second-order valence-corrected chi connectivity index (χ2v) is 4.70. The molecular weight excluding hydrogens is 266 g/mol. The SMILES string of the molecule is CC(=O)c1ccc(OCCCOc2ccc(N)cc2)cc1. The number of nitrogen functional groups attached to an aromatic ring is 1. The molecule has 0 unspecified atom stereocenters. The van der Waals surface area contributed by atoms with Crippen molar-refractivity contribution >= 4 is 11.5 Å². The number of ether oxygens (including phenoxy) is 2. The van der Waals surface area contributed by atoms with Crippen molar-refractivity contribution in [3.05, 3.63) is 54.1 Å². The third-order valence-corrected chi connectivity index (χ3v) is 2.97. The fourth-order valence-electron chi connectivity index (χ4n) is 1.79. The maximum absolute atomic E-state index is 11.1. The van der Waals surface area contributed by atoms with Crippen molar-refractivity contribution in [2.75, 3.05) is 18.9 Å². The van der Waals surface area contributed by atoms with E-state index in [-0.39, 0.29) is 5.78 Å². The van der Waals surface area contributed by atoms with Gasteiger partial charge >= 0.3 is 0 Å². The number of rotatable bonds is 7. The molecular formula is C17H19NO3. The number of carbonyl (C=O) groups is 1. The highest BCUT2D eigenvalue weighted by Gasteiger charge is 1.99. The van der Waals surface area contributed by atoms with Crippen LogP contribution >= 0.6 is 0 Å². The Morgan fingerprint density at radius 1 is 0.905 bits per heavy atom. The lowest BCUT2D eigenvalue weighted by Gasteiger charge is -2.08. The summed E-state index contributed by atoms with van der Waals surface area (Å²) in [5.74, 6) is 1.61. The van der Waals surface area contributed by atoms with Crippen LogP contribution in [0.3, 0.4) is 0 Å².